The van der Waals surface area contributed by atoms with Crippen LogP contribution in [0.2, 0.25) is 0 Å². The molecule has 0 aliphatic heterocycles. The van der Waals surface area contributed by atoms with E-state index in [1.165, 1.54) is 7.11 Å². The van der Waals surface area contributed by atoms with E-state index in [2.05, 4.69) is 9.99 Å². The Morgan fingerprint density at radius 3 is 2.33 bits per heavy atom. The van der Waals surface area contributed by atoms with Crippen molar-refractivity contribution in [1.82, 2.24) is 0 Å². The van der Waals surface area contributed by atoms with Gasteiger partial charge in [0.2, 0.25) is 0 Å². The standard InChI is InChI=1S/C9H17NO5/c1-7(2)8(13,5-10-15-3)9(7,14)6(12)4-11/h5-6,11-14H,4H2,1-3H3/t6-,8+,9+/m1/s1. The first kappa shape index (κ1) is 12.4. The second-order valence-corrected chi connectivity index (χ2v) is 4.27. The van der Waals surface area contributed by atoms with E-state index >= 15 is 0 Å². The van der Waals surface area contributed by atoms with Gasteiger partial charge in [0.15, 0.2) is 0 Å². The van der Waals surface area contributed by atoms with Crippen molar-refractivity contribution in [3.8, 4) is 0 Å². The van der Waals surface area contributed by atoms with Crippen molar-refractivity contribution in [3.05, 3.63) is 0 Å². The molecule has 0 bridgehead atoms. The maximum Gasteiger partial charge on any atom is 0.143 e. The van der Waals surface area contributed by atoms with Gasteiger partial charge in [-0.3, -0.25) is 0 Å². The maximum absolute atomic E-state index is 10.1. The predicted octanol–water partition coefficient (Wildman–Crippen LogP) is -1.53. The summed E-state index contributed by atoms with van der Waals surface area (Å²) in [5.74, 6) is 0. The maximum atomic E-state index is 10.1. The quantitative estimate of drug-likeness (QED) is 0.339. The van der Waals surface area contributed by atoms with Gasteiger partial charge in [0.05, 0.1) is 12.8 Å². The minimum Gasteiger partial charge on any atom is -0.399 e. The Labute approximate surface area is 87.8 Å². The van der Waals surface area contributed by atoms with Crippen LogP contribution in [0.5, 0.6) is 0 Å². The van der Waals surface area contributed by atoms with Crippen molar-refractivity contribution in [2.75, 3.05) is 13.7 Å². The van der Waals surface area contributed by atoms with Gasteiger partial charge in [-0.15, -0.1) is 0 Å². The van der Waals surface area contributed by atoms with Crippen LogP contribution in [0.15, 0.2) is 5.16 Å². The van der Waals surface area contributed by atoms with Crippen LogP contribution in [-0.4, -0.2) is 57.7 Å². The van der Waals surface area contributed by atoms with Crippen LogP contribution in [0.3, 0.4) is 0 Å². The Morgan fingerprint density at radius 2 is 1.93 bits per heavy atom. The lowest BCUT2D eigenvalue weighted by Crippen LogP contribution is -2.41. The summed E-state index contributed by atoms with van der Waals surface area (Å²) in [6.45, 7) is 2.49. The summed E-state index contributed by atoms with van der Waals surface area (Å²) >= 11 is 0. The Balaban J connectivity index is 2.99. The Morgan fingerprint density at radius 1 is 1.40 bits per heavy atom. The normalized spacial score (nSPS) is 40.5. The third-order valence-electron chi connectivity index (χ3n) is 3.42. The van der Waals surface area contributed by atoms with E-state index in [1.54, 1.807) is 13.8 Å². The molecule has 1 fully saturated rings. The number of hydrogen-bond acceptors (Lipinski definition) is 6. The lowest BCUT2D eigenvalue weighted by molar-refractivity contribution is -0.0709. The first-order valence-corrected chi connectivity index (χ1v) is 4.61. The minimum absolute atomic E-state index is 0.636. The summed E-state index contributed by atoms with van der Waals surface area (Å²) in [7, 11) is 1.30. The third kappa shape index (κ3) is 1.22. The van der Waals surface area contributed by atoms with E-state index in [0.717, 1.165) is 6.21 Å². The Bertz CT molecular complexity index is 280. The SMILES string of the molecule is CON=C[C@]1(O)C(C)(C)[C@@]1(O)[C@H](O)CO. The highest BCUT2D eigenvalue weighted by molar-refractivity contribution is 5.79. The molecule has 88 valence electrons. The summed E-state index contributed by atoms with van der Waals surface area (Å²) in [5, 5.41) is 41.8. The molecule has 4 N–H and O–H groups in total. The van der Waals surface area contributed by atoms with Crippen LogP contribution in [0.1, 0.15) is 13.8 Å². The lowest BCUT2D eigenvalue weighted by Gasteiger charge is -2.18. The van der Waals surface area contributed by atoms with Crippen molar-refractivity contribution >= 4 is 6.21 Å². The molecule has 0 aromatic carbocycles. The first-order chi connectivity index (χ1) is 6.79. The second kappa shape index (κ2) is 3.41. The molecule has 0 amide bonds. The second-order valence-electron chi connectivity index (χ2n) is 4.27. The molecular formula is C9H17NO5. The molecule has 0 spiro atoms. The molecule has 1 aliphatic rings. The average Bonchev–Trinajstić information content (AvgIpc) is 2.55. The minimum atomic E-state index is -1.81. The van der Waals surface area contributed by atoms with E-state index in [0.29, 0.717) is 0 Å². The summed E-state index contributed by atoms with van der Waals surface area (Å²) < 4.78 is 0. The zero-order valence-electron chi connectivity index (χ0n) is 9.01. The van der Waals surface area contributed by atoms with Crippen molar-refractivity contribution in [1.29, 1.82) is 0 Å². The van der Waals surface area contributed by atoms with E-state index < -0.39 is 29.3 Å². The molecule has 0 radical (unpaired) electrons. The molecule has 6 heteroatoms. The molecule has 0 aromatic rings. The van der Waals surface area contributed by atoms with Gasteiger partial charge in [-0.25, -0.2) is 0 Å². The van der Waals surface area contributed by atoms with Gasteiger partial charge < -0.3 is 25.3 Å². The van der Waals surface area contributed by atoms with Crippen LogP contribution < -0.4 is 0 Å². The molecule has 0 aromatic heterocycles. The van der Waals surface area contributed by atoms with E-state index in [9.17, 15) is 15.3 Å². The fraction of sp³-hybridized carbons (Fsp3) is 0.889. The van der Waals surface area contributed by atoms with E-state index in [1.807, 2.05) is 0 Å². The summed E-state index contributed by atoms with van der Waals surface area (Å²) in [4.78, 5) is 4.41. The highest BCUT2D eigenvalue weighted by Gasteiger charge is 2.84. The summed E-state index contributed by atoms with van der Waals surface area (Å²) in [6, 6.07) is 0. The largest absolute Gasteiger partial charge is 0.399 e. The molecule has 6 nitrogen and oxygen atoms in total. The molecule has 0 heterocycles. The Kier molecular flexibility index (Phi) is 2.82. The highest BCUT2D eigenvalue weighted by atomic mass is 16.6. The van der Waals surface area contributed by atoms with Crippen molar-refractivity contribution in [3.63, 3.8) is 0 Å². The monoisotopic (exact) mass is 219 g/mol. The van der Waals surface area contributed by atoms with E-state index in [-0.39, 0.29) is 0 Å². The lowest BCUT2D eigenvalue weighted by atomic mass is 10.0. The molecule has 0 saturated heterocycles. The number of hydrogen-bond donors (Lipinski definition) is 4. The van der Waals surface area contributed by atoms with Gasteiger partial charge in [-0.05, 0) is 0 Å². The summed E-state index contributed by atoms with van der Waals surface area (Å²) in [5.41, 5.74) is -4.50. The first-order valence-electron chi connectivity index (χ1n) is 4.61. The molecule has 0 unspecified atom stereocenters. The van der Waals surface area contributed by atoms with Crippen molar-refractivity contribution in [2.45, 2.75) is 31.2 Å². The Hall–Kier alpha value is -0.690. The van der Waals surface area contributed by atoms with Crippen LogP contribution >= 0.6 is 0 Å². The van der Waals surface area contributed by atoms with Crippen molar-refractivity contribution < 1.29 is 25.3 Å². The van der Waals surface area contributed by atoms with Crippen molar-refractivity contribution in [2.24, 2.45) is 10.6 Å². The number of aliphatic hydroxyl groups is 4. The van der Waals surface area contributed by atoms with Crippen LogP contribution in [0.4, 0.5) is 0 Å². The van der Waals surface area contributed by atoms with Gasteiger partial charge in [-0.2, -0.15) is 0 Å². The zero-order chi connectivity index (χ0) is 11.9. The average molecular weight is 219 g/mol. The number of oxime groups is 1. The molecular weight excluding hydrogens is 202 g/mol. The van der Waals surface area contributed by atoms with Crippen LogP contribution in [0, 0.1) is 5.41 Å². The molecule has 1 rings (SSSR count). The van der Waals surface area contributed by atoms with Crippen LogP contribution in [0.25, 0.3) is 0 Å². The highest BCUT2D eigenvalue weighted by Crippen LogP contribution is 2.65. The number of rotatable bonds is 4. The van der Waals surface area contributed by atoms with Gasteiger partial charge in [-0.1, -0.05) is 19.0 Å². The van der Waals surface area contributed by atoms with Crippen LogP contribution in [-0.2, 0) is 4.84 Å². The van der Waals surface area contributed by atoms with Gasteiger partial charge in [0.25, 0.3) is 0 Å². The number of aliphatic hydroxyl groups excluding tert-OH is 2. The van der Waals surface area contributed by atoms with Gasteiger partial charge in [0, 0.05) is 5.41 Å². The fourth-order valence-electron chi connectivity index (χ4n) is 2.09. The molecule has 3 atom stereocenters. The topological polar surface area (TPSA) is 103 Å². The van der Waals surface area contributed by atoms with Gasteiger partial charge in [0.1, 0.15) is 24.4 Å². The smallest absolute Gasteiger partial charge is 0.143 e. The molecule has 1 aliphatic carbocycles. The summed E-state index contributed by atoms with van der Waals surface area (Å²) in [6.07, 6.45) is -0.396. The third-order valence-corrected chi connectivity index (χ3v) is 3.42. The zero-order valence-corrected chi connectivity index (χ0v) is 9.01. The fourth-order valence-corrected chi connectivity index (χ4v) is 2.09. The van der Waals surface area contributed by atoms with E-state index in [4.69, 9.17) is 5.11 Å². The molecule has 1 saturated carbocycles. The molecule has 15 heavy (non-hydrogen) atoms. The predicted molar refractivity (Wildman–Crippen MR) is 52.3 cm³/mol. The number of nitrogens with zero attached hydrogens (tertiary/aromatic N) is 1. The van der Waals surface area contributed by atoms with Gasteiger partial charge >= 0.3 is 0 Å².